The van der Waals surface area contributed by atoms with Crippen LogP contribution in [-0.4, -0.2) is 20.7 Å². The number of hydrogen-bond acceptors (Lipinski definition) is 5. The van der Waals surface area contributed by atoms with Crippen LogP contribution in [0.25, 0.3) is 0 Å². The van der Waals surface area contributed by atoms with E-state index < -0.39 is 0 Å². The predicted molar refractivity (Wildman–Crippen MR) is 64.1 cm³/mol. The summed E-state index contributed by atoms with van der Waals surface area (Å²) >= 11 is 5.69. The van der Waals surface area contributed by atoms with Crippen LogP contribution in [0.3, 0.4) is 0 Å². The van der Waals surface area contributed by atoms with Gasteiger partial charge in [0.25, 0.3) is 5.88 Å². The Morgan fingerprint density at radius 2 is 2.18 bits per heavy atom. The van der Waals surface area contributed by atoms with Crippen LogP contribution in [0, 0.1) is 0 Å². The molecule has 0 saturated carbocycles. The van der Waals surface area contributed by atoms with E-state index in [1.165, 1.54) is 12.4 Å². The van der Waals surface area contributed by atoms with Gasteiger partial charge in [-0.2, -0.15) is 4.98 Å². The first-order chi connectivity index (χ1) is 8.25. The summed E-state index contributed by atoms with van der Waals surface area (Å²) in [6.45, 7) is 1.80. The summed E-state index contributed by atoms with van der Waals surface area (Å²) in [5, 5.41) is 4.22. The SMILES string of the molecule is C/C(=N/Oc1cc(Cl)ncn1)c1ccccn1. The Morgan fingerprint density at radius 3 is 2.88 bits per heavy atom. The topological polar surface area (TPSA) is 60.3 Å². The first-order valence-corrected chi connectivity index (χ1v) is 5.24. The molecule has 0 unspecified atom stereocenters. The maximum atomic E-state index is 5.69. The van der Waals surface area contributed by atoms with Crippen LogP contribution >= 0.6 is 11.6 Å². The largest absolute Gasteiger partial charge is 0.336 e. The van der Waals surface area contributed by atoms with E-state index in [1.807, 2.05) is 18.2 Å². The fourth-order valence-electron chi connectivity index (χ4n) is 1.11. The van der Waals surface area contributed by atoms with Crippen LogP contribution in [0.4, 0.5) is 0 Å². The van der Waals surface area contributed by atoms with Crippen molar-refractivity contribution in [3.8, 4) is 5.88 Å². The third-order valence-electron chi connectivity index (χ3n) is 1.92. The lowest BCUT2D eigenvalue weighted by atomic mass is 10.3. The van der Waals surface area contributed by atoms with Crippen LogP contribution < -0.4 is 4.84 Å². The maximum absolute atomic E-state index is 5.69. The summed E-state index contributed by atoms with van der Waals surface area (Å²) in [7, 11) is 0. The van der Waals surface area contributed by atoms with E-state index in [9.17, 15) is 0 Å². The van der Waals surface area contributed by atoms with Gasteiger partial charge in [-0.1, -0.05) is 22.8 Å². The van der Waals surface area contributed by atoms with E-state index in [4.69, 9.17) is 16.4 Å². The molecule has 0 aliphatic heterocycles. The van der Waals surface area contributed by atoms with Crippen LogP contribution in [0.2, 0.25) is 5.15 Å². The van der Waals surface area contributed by atoms with Crippen molar-refractivity contribution >= 4 is 17.3 Å². The second kappa shape index (κ2) is 5.36. The van der Waals surface area contributed by atoms with Crippen LogP contribution in [-0.2, 0) is 0 Å². The molecule has 2 rings (SSSR count). The summed E-state index contributed by atoms with van der Waals surface area (Å²) in [6.07, 6.45) is 3.00. The first-order valence-electron chi connectivity index (χ1n) is 4.86. The zero-order valence-corrected chi connectivity index (χ0v) is 9.80. The van der Waals surface area contributed by atoms with Gasteiger partial charge in [0.2, 0.25) is 0 Å². The molecule has 0 amide bonds. The highest BCUT2D eigenvalue weighted by Crippen LogP contribution is 2.11. The summed E-state index contributed by atoms with van der Waals surface area (Å²) in [4.78, 5) is 16.9. The molecule has 0 radical (unpaired) electrons. The van der Waals surface area contributed by atoms with Gasteiger partial charge in [0, 0.05) is 12.3 Å². The van der Waals surface area contributed by atoms with Crippen molar-refractivity contribution < 1.29 is 4.84 Å². The van der Waals surface area contributed by atoms with E-state index in [2.05, 4.69) is 20.1 Å². The molecule has 17 heavy (non-hydrogen) atoms. The summed E-state index contributed by atoms with van der Waals surface area (Å²) < 4.78 is 0. The van der Waals surface area contributed by atoms with E-state index in [0.717, 1.165) is 5.69 Å². The smallest absolute Gasteiger partial charge is 0.253 e. The minimum Gasteiger partial charge on any atom is -0.336 e. The molecule has 0 atom stereocenters. The zero-order chi connectivity index (χ0) is 12.1. The van der Waals surface area contributed by atoms with Crippen LogP contribution in [0.5, 0.6) is 5.88 Å². The Morgan fingerprint density at radius 1 is 1.29 bits per heavy atom. The predicted octanol–water partition coefficient (Wildman–Crippen LogP) is 2.33. The third kappa shape index (κ3) is 3.22. The van der Waals surface area contributed by atoms with Crippen LogP contribution in [0.1, 0.15) is 12.6 Å². The molecule has 86 valence electrons. The molecule has 0 spiro atoms. The fraction of sp³-hybridized carbons (Fsp3) is 0.0909. The number of aromatic nitrogens is 3. The molecular weight excluding hydrogens is 240 g/mol. The molecule has 2 heterocycles. The lowest BCUT2D eigenvalue weighted by Crippen LogP contribution is -2.00. The summed E-state index contributed by atoms with van der Waals surface area (Å²) in [5.41, 5.74) is 1.40. The molecule has 2 aromatic rings. The molecule has 0 aliphatic rings. The number of nitrogens with zero attached hydrogens (tertiary/aromatic N) is 4. The molecule has 0 aromatic carbocycles. The van der Waals surface area contributed by atoms with Crippen molar-refractivity contribution in [2.45, 2.75) is 6.92 Å². The molecule has 0 aliphatic carbocycles. The number of halogens is 1. The number of rotatable bonds is 3. The summed E-state index contributed by atoms with van der Waals surface area (Å²) in [5.74, 6) is 0.292. The summed E-state index contributed by atoms with van der Waals surface area (Å²) in [6, 6.07) is 7.04. The van der Waals surface area contributed by atoms with Gasteiger partial charge in [-0.15, -0.1) is 0 Å². The van der Waals surface area contributed by atoms with Gasteiger partial charge in [-0.3, -0.25) is 4.98 Å². The van der Waals surface area contributed by atoms with Gasteiger partial charge >= 0.3 is 0 Å². The zero-order valence-electron chi connectivity index (χ0n) is 9.04. The quantitative estimate of drug-likeness (QED) is 0.475. The lowest BCUT2D eigenvalue weighted by molar-refractivity contribution is 0.326. The first kappa shape index (κ1) is 11.5. The minimum atomic E-state index is 0.292. The van der Waals surface area contributed by atoms with Crippen LogP contribution in [0.15, 0.2) is 41.9 Å². The van der Waals surface area contributed by atoms with Crippen molar-refractivity contribution in [1.29, 1.82) is 0 Å². The molecule has 0 N–H and O–H groups in total. The minimum absolute atomic E-state index is 0.292. The average Bonchev–Trinajstić information content (AvgIpc) is 2.37. The van der Waals surface area contributed by atoms with Gasteiger partial charge in [0.15, 0.2) is 0 Å². The van der Waals surface area contributed by atoms with Gasteiger partial charge in [-0.05, 0) is 19.1 Å². The fourth-order valence-corrected chi connectivity index (χ4v) is 1.24. The van der Waals surface area contributed by atoms with Gasteiger partial charge < -0.3 is 4.84 Å². The van der Waals surface area contributed by atoms with Gasteiger partial charge in [0.05, 0.1) is 5.69 Å². The Kier molecular flexibility index (Phi) is 3.62. The molecule has 5 nitrogen and oxygen atoms in total. The van der Waals surface area contributed by atoms with Gasteiger partial charge in [-0.25, -0.2) is 4.98 Å². The van der Waals surface area contributed by atoms with E-state index in [0.29, 0.717) is 16.7 Å². The molecule has 6 heteroatoms. The van der Waals surface area contributed by atoms with E-state index in [-0.39, 0.29) is 0 Å². The monoisotopic (exact) mass is 248 g/mol. The number of oxime groups is 1. The molecular formula is C11H9ClN4O. The number of pyridine rings is 1. The Balaban J connectivity index is 2.11. The molecule has 0 fully saturated rings. The number of hydrogen-bond donors (Lipinski definition) is 0. The second-order valence-corrected chi connectivity index (χ2v) is 3.55. The van der Waals surface area contributed by atoms with Crippen molar-refractivity contribution in [1.82, 2.24) is 15.0 Å². The van der Waals surface area contributed by atoms with Gasteiger partial charge in [0.1, 0.15) is 17.2 Å². The normalized spacial score (nSPS) is 11.3. The average molecular weight is 249 g/mol. The highest BCUT2D eigenvalue weighted by molar-refractivity contribution is 6.29. The van der Waals surface area contributed by atoms with Crippen molar-refractivity contribution in [2.24, 2.45) is 5.16 Å². The standard InChI is InChI=1S/C11H9ClN4O/c1-8(9-4-2-3-5-13-9)16-17-11-6-10(12)14-7-15-11/h2-7H,1H3/b16-8-. The van der Waals surface area contributed by atoms with E-state index >= 15 is 0 Å². The highest BCUT2D eigenvalue weighted by Gasteiger charge is 2.00. The van der Waals surface area contributed by atoms with Crippen molar-refractivity contribution in [2.75, 3.05) is 0 Å². The van der Waals surface area contributed by atoms with E-state index in [1.54, 1.807) is 13.1 Å². The Labute approximate surface area is 103 Å². The molecule has 2 aromatic heterocycles. The van der Waals surface area contributed by atoms with Crippen molar-refractivity contribution in [3.05, 3.63) is 47.6 Å². The molecule has 0 bridgehead atoms. The lowest BCUT2D eigenvalue weighted by Gasteiger charge is -2.00. The molecule has 0 saturated heterocycles. The Bertz CT molecular complexity index is 530. The second-order valence-electron chi connectivity index (χ2n) is 3.16. The maximum Gasteiger partial charge on any atom is 0.253 e. The Hall–Kier alpha value is -2.01. The van der Waals surface area contributed by atoms with Crippen molar-refractivity contribution in [3.63, 3.8) is 0 Å². The third-order valence-corrected chi connectivity index (χ3v) is 2.13. The highest BCUT2D eigenvalue weighted by atomic mass is 35.5.